The molecule has 0 aromatic rings. The summed E-state index contributed by atoms with van der Waals surface area (Å²) in [6.45, 7) is 3.97. The molecule has 1 unspecified atom stereocenters. The molecule has 0 N–H and O–H groups in total. The Hall–Kier alpha value is -0.530. The maximum Gasteiger partial charge on any atom is 0.305 e. The van der Waals surface area contributed by atoms with Gasteiger partial charge in [-0.05, 0) is 25.2 Å². The first-order chi connectivity index (χ1) is 6.77. The molecule has 2 heteroatoms. The van der Waals surface area contributed by atoms with Crippen molar-refractivity contribution >= 4 is 5.97 Å². The first kappa shape index (κ1) is 11.5. The molecule has 0 aliphatic heterocycles. The van der Waals surface area contributed by atoms with Gasteiger partial charge in [0.25, 0.3) is 0 Å². The third kappa shape index (κ3) is 3.32. The standard InChI is InChI=1S/C12H22O2/c1-3-11(14-12(13)4-2)10-8-6-5-7-9-10/h10-11H,3-9H2,1-2H3. The highest BCUT2D eigenvalue weighted by Crippen LogP contribution is 2.29. The van der Waals surface area contributed by atoms with Gasteiger partial charge in [0.05, 0.1) is 0 Å². The van der Waals surface area contributed by atoms with Crippen LogP contribution in [0.15, 0.2) is 0 Å². The minimum Gasteiger partial charge on any atom is -0.462 e. The molecule has 14 heavy (non-hydrogen) atoms. The molecular weight excluding hydrogens is 176 g/mol. The molecule has 0 bridgehead atoms. The fourth-order valence-corrected chi connectivity index (χ4v) is 2.27. The molecule has 0 aromatic heterocycles. The Morgan fingerprint density at radius 3 is 2.43 bits per heavy atom. The topological polar surface area (TPSA) is 26.3 Å². The van der Waals surface area contributed by atoms with Crippen LogP contribution < -0.4 is 0 Å². The summed E-state index contributed by atoms with van der Waals surface area (Å²) in [5.74, 6) is 0.590. The number of hydrogen-bond donors (Lipinski definition) is 0. The van der Waals surface area contributed by atoms with E-state index in [0.717, 1.165) is 6.42 Å². The van der Waals surface area contributed by atoms with E-state index in [1.54, 1.807) is 0 Å². The highest BCUT2D eigenvalue weighted by atomic mass is 16.5. The lowest BCUT2D eigenvalue weighted by molar-refractivity contribution is -0.152. The number of carbonyl (C=O) groups excluding carboxylic acids is 1. The summed E-state index contributed by atoms with van der Waals surface area (Å²) in [4.78, 5) is 11.2. The first-order valence-corrected chi connectivity index (χ1v) is 5.97. The molecule has 1 rings (SSSR count). The monoisotopic (exact) mass is 198 g/mol. The zero-order valence-electron chi connectivity index (χ0n) is 9.42. The van der Waals surface area contributed by atoms with Crippen LogP contribution in [0.25, 0.3) is 0 Å². The zero-order valence-corrected chi connectivity index (χ0v) is 9.42. The predicted octanol–water partition coefficient (Wildman–Crippen LogP) is 3.30. The first-order valence-electron chi connectivity index (χ1n) is 5.97. The van der Waals surface area contributed by atoms with Gasteiger partial charge in [-0.25, -0.2) is 0 Å². The van der Waals surface area contributed by atoms with E-state index in [9.17, 15) is 4.79 Å². The van der Waals surface area contributed by atoms with Crippen molar-refractivity contribution < 1.29 is 9.53 Å². The van der Waals surface area contributed by atoms with Crippen molar-refractivity contribution in [3.8, 4) is 0 Å². The molecule has 1 atom stereocenters. The molecule has 2 nitrogen and oxygen atoms in total. The number of esters is 1. The molecule has 0 spiro atoms. The van der Waals surface area contributed by atoms with Crippen LogP contribution in [-0.4, -0.2) is 12.1 Å². The van der Waals surface area contributed by atoms with Crippen molar-refractivity contribution in [2.45, 2.75) is 64.9 Å². The van der Waals surface area contributed by atoms with E-state index in [1.165, 1.54) is 32.1 Å². The van der Waals surface area contributed by atoms with Gasteiger partial charge in [-0.1, -0.05) is 33.1 Å². The summed E-state index contributed by atoms with van der Waals surface area (Å²) in [5, 5.41) is 0. The minimum absolute atomic E-state index is 0.0394. The van der Waals surface area contributed by atoms with Gasteiger partial charge in [-0.3, -0.25) is 4.79 Å². The van der Waals surface area contributed by atoms with E-state index < -0.39 is 0 Å². The van der Waals surface area contributed by atoms with Gasteiger partial charge < -0.3 is 4.74 Å². The Morgan fingerprint density at radius 1 is 1.29 bits per heavy atom. The van der Waals surface area contributed by atoms with Crippen LogP contribution in [-0.2, 0) is 9.53 Å². The molecule has 1 aliphatic rings. The largest absolute Gasteiger partial charge is 0.462 e. The maximum absolute atomic E-state index is 11.2. The molecule has 0 saturated heterocycles. The fourth-order valence-electron chi connectivity index (χ4n) is 2.27. The second kappa shape index (κ2) is 6.05. The normalized spacial score (nSPS) is 20.4. The van der Waals surface area contributed by atoms with E-state index in [0.29, 0.717) is 12.3 Å². The third-order valence-corrected chi connectivity index (χ3v) is 3.15. The van der Waals surface area contributed by atoms with Crippen LogP contribution in [0.2, 0.25) is 0 Å². The van der Waals surface area contributed by atoms with Crippen LogP contribution in [0.4, 0.5) is 0 Å². The molecule has 0 aromatic carbocycles. The van der Waals surface area contributed by atoms with Crippen molar-refractivity contribution in [3.05, 3.63) is 0 Å². The van der Waals surface area contributed by atoms with E-state index in [-0.39, 0.29) is 12.1 Å². The lowest BCUT2D eigenvalue weighted by Gasteiger charge is -2.29. The van der Waals surface area contributed by atoms with Crippen LogP contribution in [0.3, 0.4) is 0 Å². The minimum atomic E-state index is -0.0394. The van der Waals surface area contributed by atoms with E-state index >= 15 is 0 Å². The summed E-state index contributed by atoms with van der Waals surface area (Å²) < 4.78 is 5.45. The lowest BCUT2D eigenvalue weighted by atomic mass is 9.84. The van der Waals surface area contributed by atoms with Crippen LogP contribution in [0.1, 0.15) is 58.8 Å². The highest BCUT2D eigenvalue weighted by molar-refractivity contribution is 5.69. The molecule has 1 aliphatic carbocycles. The van der Waals surface area contributed by atoms with Gasteiger partial charge in [0, 0.05) is 6.42 Å². The van der Waals surface area contributed by atoms with Crippen molar-refractivity contribution in [1.82, 2.24) is 0 Å². The van der Waals surface area contributed by atoms with Crippen molar-refractivity contribution in [1.29, 1.82) is 0 Å². The van der Waals surface area contributed by atoms with Crippen LogP contribution >= 0.6 is 0 Å². The molecule has 0 heterocycles. The quantitative estimate of drug-likeness (QED) is 0.648. The number of carbonyl (C=O) groups is 1. The third-order valence-electron chi connectivity index (χ3n) is 3.15. The van der Waals surface area contributed by atoms with E-state index in [2.05, 4.69) is 6.92 Å². The Kier molecular flexibility index (Phi) is 4.99. The maximum atomic E-state index is 11.2. The van der Waals surface area contributed by atoms with Gasteiger partial charge in [0.15, 0.2) is 0 Å². The van der Waals surface area contributed by atoms with Crippen molar-refractivity contribution in [3.63, 3.8) is 0 Å². The van der Waals surface area contributed by atoms with Crippen molar-refractivity contribution in [2.24, 2.45) is 5.92 Å². The van der Waals surface area contributed by atoms with Gasteiger partial charge >= 0.3 is 5.97 Å². The predicted molar refractivity (Wildman–Crippen MR) is 57.0 cm³/mol. The highest BCUT2D eigenvalue weighted by Gasteiger charge is 2.24. The molecule has 82 valence electrons. The fraction of sp³-hybridized carbons (Fsp3) is 0.917. The smallest absolute Gasteiger partial charge is 0.305 e. The summed E-state index contributed by atoms with van der Waals surface area (Å²) in [6.07, 6.45) is 8.12. The Balaban J connectivity index is 2.39. The van der Waals surface area contributed by atoms with E-state index in [4.69, 9.17) is 4.74 Å². The number of rotatable bonds is 4. The van der Waals surface area contributed by atoms with Crippen LogP contribution in [0.5, 0.6) is 0 Å². The van der Waals surface area contributed by atoms with E-state index in [1.807, 2.05) is 6.92 Å². The average molecular weight is 198 g/mol. The lowest BCUT2D eigenvalue weighted by Crippen LogP contribution is -2.27. The zero-order chi connectivity index (χ0) is 10.4. The summed E-state index contributed by atoms with van der Waals surface area (Å²) >= 11 is 0. The average Bonchev–Trinajstić information content (AvgIpc) is 2.26. The summed E-state index contributed by atoms with van der Waals surface area (Å²) in [6, 6.07) is 0. The van der Waals surface area contributed by atoms with Crippen molar-refractivity contribution in [2.75, 3.05) is 0 Å². The van der Waals surface area contributed by atoms with Gasteiger partial charge in [0.1, 0.15) is 6.10 Å². The SMILES string of the molecule is CCC(=O)OC(CC)C1CCCCC1. The van der Waals surface area contributed by atoms with Crippen LogP contribution in [0, 0.1) is 5.92 Å². The molecule has 1 fully saturated rings. The molecule has 1 saturated carbocycles. The Bertz CT molecular complexity index is 171. The van der Waals surface area contributed by atoms with Gasteiger partial charge in [-0.15, -0.1) is 0 Å². The Morgan fingerprint density at radius 2 is 1.93 bits per heavy atom. The van der Waals surface area contributed by atoms with Gasteiger partial charge in [0.2, 0.25) is 0 Å². The second-order valence-electron chi connectivity index (χ2n) is 4.19. The number of hydrogen-bond acceptors (Lipinski definition) is 2. The molecular formula is C12H22O2. The molecule has 0 radical (unpaired) electrons. The summed E-state index contributed by atoms with van der Waals surface area (Å²) in [7, 11) is 0. The van der Waals surface area contributed by atoms with Gasteiger partial charge in [-0.2, -0.15) is 0 Å². The summed E-state index contributed by atoms with van der Waals surface area (Å²) in [5.41, 5.74) is 0. The number of ether oxygens (including phenoxy) is 1. The second-order valence-corrected chi connectivity index (χ2v) is 4.19. The Labute approximate surface area is 87.0 Å². The molecule has 0 amide bonds.